The summed E-state index contributed by atoms with van der Waals surface area (Å²) in [7, 11) is 0. The number of carbonyl (C=O) groups excluding carboxylic acids is 1. The number of anilines is 1. The summed E-state index contributed by atoms with van der Waals surface area (Å²) in [5, 5.41) is 14.2. The molecule has 0 aliphatic heterocycles. The summed E-state index contributed by atoms with van der Waals surface area (Å²) in [5.74, 6) is 0.760. The molecule has 0 aliphatic rings. The van der Waals surface area contributed by atoms with E-state index in [9.17, 15) is 14.9 Å². The topological polar surface area (TPSA) is 72.2 Å². The van der Waals surface area contributed by atoms with Crippen LogP contribution < -0.4 is 5.32 Å². The fourth-order valence-corrected chi connectivity index (χ4v) is 4.08. The summed E-state index contributed by atoms with van der Waals surface area (Å²) in [6, 6.07) is 10.1. The molecule has 0 bridgehead atoms. The number of nitrogens with zero attached hydrogens (tertiary/aromatic N) is 1. The normalized spacial score (nSPS) is 10.5. The van der Waals surface area contributed by atoms with Crippen molar-refractivity contribution in [2.24, 2.45) is 0 Å². The first-order chi connectivity index (χ1) is 11.4. The van der Waals surface area contributed by atoms with Gasteiger partial charge in [-0.3, -0.25) is 14.9 Å². The zero-order chi connectivity index (χ0) is 17.7. The van der Waals surface area contributed by atoms with Gasteiger partial charge in [-0.1, -0.05) is 23.7 Å². The lowest BCUT2D eigenvalue weighted by Crippen LogP contribution is -2.15. The summed E-state index contributed by atoms with van der Waals surface area (Å²) < 4.78 is 0.888. The van der Waals surface area contributed by atoms with Gasteiger partial charge in [-0.2, -0.15) is 0 Å². The van der Waals surface area contributed by atoms with Crippen LogP contribution in [0.1, 0.15) is 5.56 Å². The van der Waals surface area contributed by atoms with Crippen molar-refractivity contribution in [2.45, 2.75) is 5.75 Å². The molecule has 0 saturated carbocycles. The molecule has 24 heavy (non-hydrogen) atoms. The zero-order valence-corrected chi connectivity index (χ0v) is 16.8. The maximum atomic E-state index is 12.1. The van der Waals surface area contributed by atoms with Crippen molar-refractivity contribution in [2.75, 3.05) is 11.1 Å². The van der Waals surface area contributed by atoms with Crippen LogP contribution in [-0.4, -0.2) is 16.6 Å². The van der Waals surface area contributed by atoms with Crippen molar-refractivity contribution in [1.29, 1.82) is 0 Å². The summed E-state index contributed by atoms with van der Waals surface area (Å²) >= 11 is 13.8. The number of rotatable bonds is 6. The molecule has 1 amide bonds. The van der Waals surface area contributed by atoms with Gasteiger partial charge >= 0.3 is 0 Å². The Morgan fingerprint density at radius 3 is 2.33 bits per heavy atom. The van der Waals surface area contributed by atoms with E-state index in [0.717, 1.165) is 5.56 Å². The summed E-state index contributed by atoms with van der Waals surface area (Å²) in [4.78, 5) is 22.4. The van der Waals surface area contributed by atoms with E-state index < -0.39 is 4.92 Å². The average molecular weight is 495 g/mol. The molecule has 9 heteroatoms. The molecule has 2 rings (SSSR count). The number of thioether (sulfide) groups is 1. The first-order valence-corrected chi connectivity index (χ1v) is 9.74. The Labute approximate surface area is 164 Å². The predicted molar refractivity (Wildman–Crippen MR) is 105 cm³/mol. The van der Waals surface area contributed by atoms with Crippen LogP contribution in [0.3, 0.4) is 0 Å². The van der Waals surface area contributed by atoms with Crippen molar-refractivity contribution in [3.05, 3.63) is 66.0 Å². The number of halogens is 3. The third kappa shape index (κ3) is 5.47. The van der Waals surface area contributed by atoms with E-state index in [4.69, 9.17) is 11.6 Å². The van der Waals surface area contributed by atoms with Crippen LogP contribution >= 0.6 is 55.2 Å². The fraction of sp³-hybridized carbons (Fsp3) is 0.133. The van der Waals surface area contributed by atoms with Gasteiger partial charge in [0, 0.05) is 31.9 Å². The van der Waals surface area contributed by atoms with Gasteiger partial charge in [-0.05, 0) is 49.6 Å². The van der Waals surface area contributed by atoms with Crippen molar-refractivity contribution in [3.8, 4) is 0 Å². The molecule has 0 radical (unpaired) electrons. The van der Waals surface area contributed by atoms with Crippen LogP contribution in [0.2, 0.25) is 5.02 Å². The SMILES string of the molecule is O=C(CSCc1ccc(Cl)cc1)Nc1c(Br)cc([N+](=O)[O-])cc1Br. The molecule has 0 heterocycles. The Hall–Kier alpha value is -1.09. The summed E-state index contributed by atoms with van der Waals surface area (Å²) in [5.41, 5.74) is 1.48. The third-order valence-corrected chi connectivity index (χ3v) is 5.42. The molecular formula is C15H11Br2ClN2O3S. The molecule has 0 spiro atoms. The van der Waals surface area contributed by atoms with Crippen LogP contribution in [-0.2, 0) is 10.5 Å². The van der Waals surface area contributed by atoms with Crippen LogP contribution in [0.15, 0.2) is 45.3 Å². The standard InChI is InChI=1S/C15H11Br2ClN2O3S/c16-12-5-11(20(22)23)6-13(17)15(12)19-14(21)8-24-7-9-1-3-10(18)4-2-9/h1-6H,7-8H2,(H,19,21). The van der Waals surface area contributed by atoms with Crippen molar-refractivity contribution in [3.63, 3.8) is 0 Å². The Morgan fingerprint density at radius 1 is 1.21 bits per heavy atom. The van der Waals surface area contributed by atoms with Crippen LogP contribution in [0.4, 0.5) is 11.4 Å². The number of non-ortho nitro benzene ring substituents is 1. The maximum Gasteiger partial charge on any atom is 0.271 e. The highest BCUT2D eigenvalue weighted by atomic mass is 79.9. The van der Waals surface area contributed by atoms with E-state index in [1.807, 2.05) is 24.3 Å². The lowest BCUT2D eigenvalue weighted by molar-refractivity contribution is -0.385. The average Bonchev–Trinajstić information content (AvgIpc) is 2.52. The minimum Gasteiger partial charge on any atom is -0.323 e. The molecule has 0 fully saturated rings. The van der Waals surface area contributed by atoms with E-state index in [-0.39, 0.29) is 17.3 Å². The fourth-order valence-electron chi connectivity index (χ4n) is 1.80. The van der Waals surface area contributed by atoms with E-state index in [0.29, 0.717) is 25.4 Å². The first-order valence-electron chi connectivity index (χ1n) is 6.62. The highest BCUT2D eigenvalue weighted by molar-refractivity contribution is 9.11. The van der Waals surface area contributed by atoms with E-state index in [2.05, 4.69) is 37.2 Å². The van der Waals surface area contributed by atoms with Gasteiger partial charge in [0.1, 0.15) is 0 Å². The number of nitro groups is 1. The third-order valence-electron chi connectivity index (χ3n) is 2.92. The Balaban J connectivity index is 1.92. The Bertz CT molecular complexity index is 749. The summed E-state index contributed by atoms with van der Waals surface area (Å²) in [6.07, 6.45) is 0. The van der Waals surface area contributed by atoms with Crippen LogP contribution in [0.25, 0.3) is 0 Å². The molecular weight excluding hydrogens is 484 g/mol. The molecule has 5 nitrogen and oxygen atoms in total. The van der Waals surface area contributed by atoms with E-state index >= 15 is 0 Å². The van der Waals surface area contributed by atoms with Gasteiger partial charge in [0.25, 0.3) is 5.69 Å². The zero-order valence-electron chi connectivity index (χ0n) is 12.1. The Morgan fingerprint density at radius 2 is 1.79 bits per heavy atom. The number of hydrogen-bond acceptors (Lipinski definition) is 4. The number of carbonyl (C=O) groups is 1. The molecule has 0 aliphatic carbocycles. The monoisotopic (exact) mass is 492 g/mol. The number of nitrogens with one attached hydrogen (secondary N) is 1. The summed E-state index contributed by atoms with van der Waals surface area (Å²) in [6.45, 7) is 0. The van der Waals surface area contributed by atoms with Gasteiger partial charge in [0.15, 0.2) is 0 Å². The van der Waals surface area contributed by atoms with Crippen molar-refractivity contribution >= 4 is 72.5 Å². The first kappa shape index (κ1) is 19.2. The van der Waals surface area contributed by atoms with Crippen molar-refractivity contribution < 1.29 is 9.72 Å². The van der Waals surface area contributed by atoms with Crippen molar-refractivity contribution in [1.82, 2.24) is 0 Å². The lowest BCUT2D eigenvalue weighted by Gasteiger charge is -2.09. The van der Waals surface area contributed by atoms with Gasteiger partial charge in [-0.15, -0.1) is 11.8 Å². The predicted octanol–water partition coefficient (Wildman–Crippen LogP) is 5.65. The highest BCUT2D eigenvalue weighted by Gasteiger charge is 2.15. The second kappa shape index (κ2) is 8.84. The lowest BCUT2D eigenvalue weighted by atomic mass is 10.2. The van der Waals surface area contributed by atoms with Gasteiger partial charge in [-0.25, -0.2) is 0 Å². The van der Waals surface area contributed by atoms with E-state index in [1.54, 1.807) is 0 Å². The quantitative estimate of drug-likeness (QED) is 0.416. The van der Waals surface area contributed by atoms with Gasteiger partial charge in [0.05, 0.1) is 16.4 Å². The highest BCUT2D eigenvalue weighted by Crippen LogP contribution is 2.35. The number of hydrogen-bond donors (Lipinski definition) is 1. The minimum atomic E-state index is -0.497. The molecule has 1 N–H and O–H groups in total. The largest absolute Gasteiger partial charge is 0.323 e. The van der Waals surface area contributed by atoms with Gasteiger partial charge < -0.3 is 5.32 Å². The number of nitro benzene ring substituents is 1. The molecule has 0 atom stereocenters. The van der Waals surface area contributed by atoms with Crippen LogP contribution in [0, 0.1) is 10.1 Å². The molecule has 2 aromatic carbocycles. The number of benzene rings is 2. The van der Waals surface area contributed by atoms with E-state index in [1.165, 1.54) is 23.9 Å². The smallest absolute Gasteiger partial charge is 0.271 e. The molecule has 2 aromatic rings. The van der Waals surface area contributed by atoms with Gasteiger partial charge in [0.2, 0.25) is 5.91 Å². The second-order valence-electron chi connectivity index (χ2n) is 4.71. The minimum absolute atomic E-state index is 0.0659. The molecule has 0 saturated heterocycles. The number of amides is 1. The molecule has 0 aromatic heterocycles. The Kier molecular flexibility index (Phi) is 7.09. The van der Waals surface area contributed by atoms with Crippen LogP contribution in [0.5, 0.6) is 0 Å². The second-order valence-corrected chi connectivity index (χ2v) is 7.84. The maximum absolute atomic E-state index is 12.1. The molecule has 0 unspecified atom stereocenters. The molecule has 126 valence electrons.